The molecule has 0 aliphatic carbocycles. The molecule has 2 rings (SSSR count). The number of hydrogen-bond acceptors (Lipinski definition) is 3. The van der Waals surface area contributed by atoms with Crippen molar-refractivity contribution < 1.29 is 4.74 Å². The van der Waals surface area contributed by atoms with Crippen molar-refractivity contribution in [2.24, 2.45) is 11.3 Å². The third kappa shape index (κ3) is 3.94. The van der Waals surface area contributed by atoms with Crippen molar-refractivity contribution in [3.8, 4) is 0 Å². The molecule has 0 radical (unpaired) electrons. The number of ether oxygens (including phenoxy) is 1. The monoisotopic (exact) mass is 240 g/mol. The number of likely N-dealkylation sites (tertiary alicyclic amines) is 1. The molecule has 3 heteroatoms. The number of nitrogens with zero attached hydrogens (tertiary/aromatic N) is 1. The van der Waals surface area contributed by atoms with Crippen LogP contribution in [0.3, 0.4) is 0 Å². The molecule has 0 saturated carbocycles. The van der Waals surface area contributed by atoms with Gasteiger partial charge in [-0.15, -0.1) is 0 Å². The Kier molecular flexibility index (Phi) is 4.45. The molecular formula is C14H28N2O. The second kappa shape index (κ2) is 5.68. The fourth-order valence-electron chi connectivity index (χ4n) is 2.82. The zero-order chi connectivity index (χ0) is 12.3. The van der Waals surface area contributed by atoms with E-state index in [1.807, 2.05) is 0 Å². The standard InChI is InChI=1S/C14H28N2O/c1-4-16-7-5-12(6-8-16)9-13-15-10-14(2,3)11-17-13/h12-13,15H,4-11H2,1-3H3. The van der Waals surface area contributed by atoms with Gasteiger partial charge >= 0.3 is 0 Å². The topological polar surface area (TPSA) is 24.5 Å². The van der Waals surface area contributed by atoms with Gasteiger partial charge in [0.05, 0.1) is 6.61 Å². The van der Waals surface area contributed by atoms with Gasteiger partial charge in [-0.1, -0.05) is 20.8 Å². The van der Waals surface area contributed by atoms with Crippen LogP contribution < -0.4 is 5.32 Å². The van der Waals surface area contributed by atoms with Crippen molar-refractivity contribution >= 4 is 0 Å². The molecule has 0 aromatic carbocycles. The van der Waals surface area contributed by atoms with E-state index in [2.05, 4.69) is 31.0 Å². The molecule has 2 heterocycles. The van der Waals surface area contributed by atoms with Gasteiger partial charge in [0.15, 0.2) is 0 Å². The van der Waals surface area contributed by atoms with Crippen molar-refractivity contribution in [1.82, 2.24) is 10.2 Å². The summed E-state index contributed by atoms with van der Waals surface area (Å²) < 4.78 is 5.92. The summed E-state index contributed by atoms with van der Waals surface area (Å²) in [4.78, 5) is 2.55. The molecule has 1 atom stereocenters. The minimum atomic E-state index is 0.307. The zero-order valence-electron chi connectivity index (χ0n) is 11.7. The van der Waals surface area contributed by atoms with Crippen molar-refractivity contribution in [2.75, 3.05) is 32.8 Å². The molecule has 2 fully saturated rings. The van der Waals surface area contributed by atoms with Crippen molar-refractivity contribution in [3.05, 3.63) is 0 Å². The molecule has 2 saturated heterocycles. The van der Waals surface area contributed by atoms with Crippen LogP contribution in [0, 0.1) is 11.3 Å². The van der Waals surface area contributed by atoms with E-state index < -0.39 is 0 Å². The molecular weight excluding hydrogens is 212 g/mol. The van der Waals surface area contributed by atoms with E-state index in [-0.39, 0.29) is 0 Å². The molecule has 0 amide bonds. The lowest BCUT2D eigenvalue weighted by Gasteiger charge is -2.38. The number of hydrogen-bond donors (Lipinski definition) is 1. The first-order chi connectivity index (χ1) is 8.09. The second-order valence-electron chi connectivity index (χ2n) is 6.46. The Hall–Kier alpha value is -0.120. The summed E-state index contributed by atoms with van der Waals surface area (Å²) in [7, 11) is 0. The van der Waals surface area contributed by atoms with Gasteiger partial charge in [0.25, 0.3) is 0 Å². The fraction of sp³-hybridized carbons (Fsp3) is 1.00. The summed E-state index contributed by atoms with van der Waals surface area (Å²) in [6.07, 6.45) is 4.20. The van der Waals surface area contributed by atoms with E-state index >= 15 is 0 Å². The first kappa shape index (κ1) is 13.3. The summed E-state index contributed by atoms with van der Waals surface area (Å²) >= 11 is 0. The van der Waals surface area contributed by atoms with E-state index in [1.165, 1.54) is 38.9 Å². The van der Waals surface area contributed by atoms with Gasteiger partial charge in [-0.3, -0.25) is 5.32 Å². The molecule has 1 N–H and O–H groups in total. The first-order valence-corrected chi connectivity index (χ1v) is 7.16. The van der Waals surface area contributed by atoms with Crippen LogP contribution in [0.15, 0.2) is 0 Å². The Labute approximate surface area is 106 Å². The Bertz CT molecular complexity index is 224. The highest BCUT2D eigenvalue weighted by Gasteiger charge is 2.29. The molecule has 2 aliphatic heterocycles. The van der Waals surface area contributed by atoms with Gasteiger partial charge in [0.1, 0.15) is 6.23 Å². The summed E-state index contributed by atoms with van der Waals surface area (Å²) in [5.41, 5.74) is 0.308. The van der Waals surface area contributed by atoms with E-state index in [0.29, 0.717) is 11.6 Å². The van der Waals surface area contributed by atoms with E-state index in [9.17, 15) is 0 Å². The Morgan fingerprint density at radius 2 is 2.00 bits per heavy atom. The van der Waals surface area contributed by atoms with Crippen LogP contribution >= 0.6 is 0 Å². The predicted molar refractivity (Wildman–Crippen MR) is 71.0 cm³/mol. The van der Waals surface area contributed by atoms with Gasteiger partial charge in [-0.2, -0.15) is 0 Å². The van der Waals surface area contributed by atoms with Crippen molar-refractivity contribution in [2.45, 2.75) is 46.3 Å². The lowest BCUT2D eigenvalue weighted by molar-refractivity contribution is -0.0701. The normalized spacial score (nSPS) is 31.6. The molecule has 3 nitrogen and oxygen atoms in total. The molecule has 17 heavy (non-hydrogen) atoms. The van der Waals surface area contributed by atoms with Gasteiger partial charge < -0.3 is 9.64 Å². The third-order valence-corrected chi connectivity index (χ3v) is 4.19. The van der Waals surface area contributed by atoms with Gasteiger partial charge in [0, 0.05) is 12.0 Å². The van der Waals surface area contributed by atoms with Crippen LogP contribution in [-0.2, 0) is 4.74 Å². The minimum Gasteiger partial charge on any atom is -0.363 e. The van der Waals surface area contributed by atoms with Gasteiger partial charge in [-0.25, -0.2) is 0 Å². The van der Waals surface area contributed by atoms with Crippen LogP contribution in [0.2, 0.25) is 0 Å². The van der Waals surface area contributed by atoms with Crippen molar-refractivity contribution in [3.63, 3.8) is 0 Å². The first-order valence-electron chi connectivity index (χ1n) is 7.16. The van der Waals surface area contributed by atoms with E-state index in [4.69, 9.17) is 4.74 Å². The number of piperidine rings is 1. The van der Waals surface area contributed by atoms with Crippen LogP contribution in [0.25, 0.3) is 0 Å². The Morgan fingerprint density at radius 1 is 1.29 bits per heavy atom. The fourth-order valence-corrected chi connectivity index (χ4v) is 2.82. The highest BCUT2D eigenvalue weighted by Crippen LogP contribution is 2.26. The Morgan fingerprint density at radius 3 is 2.53 bits per heavy atom. The van der Waals surface area contributed by atoms with Crippen LogP contribution in [0.5, 0.6) is 0 Å². The quantitative estimate of drug-likeness (QED) is 0.817. The molecule has 100 valence electrons. The molecule has 0 spiro atoms. The molecule has 2 aliphatic rings. The summed E-state index contributed by atoms with van der Waals surface area (Å²) in [5.74, 6) is 0.858. The molecule has 1 unspecified atom stereocenters. The predicted octanol–water partition coefficient (Wildman–Crippen LogP) is 2.08. The maximum absolute atomic E-state index is 5.92. The number of nitrogens with one attached hydrogen (secondary N) is 1. The Balaban J connectivity index is 1.69. The third-order valence-electron chi connectivity index (χ3n) is 4.19. The average molecular weight is 240 g/mol. The van der Waals surface area contributed by atoms with Crippen molar-refractivity contribution in [1.29, 1.82) is 0 Å². The smallest absolute Gasteiger partial charge is 0.108 e. The van der Waals surface area contributed by atoms with Gasteiger partial charge in [-0.05, 0) is 44.8 Å². The SMILES string of the molecule is CCN1CCC(CC2NCC(C)(C)CO2)CC1. The van der Waals surface area contributed by atoms with E-state index in [1.54, 1.807) is 0 Å². The lowest BCUT2D eigenvalue weighted by Crippen LogP contribution is -2.49. The minimum absolute atomic E-state index is 0.307. The van der Waals surface area contributed by atoms with Gasteiger partial charge in [0.2, 0.25) is 0 Å². The molecule has 0 bridgehead atoms. The number of rotatable bonds is 3. The van der Waals surface area contributed by atoms with Crippen LogP contribution in [0.1, 0.15) is 40.0 Å². The summed E-state index contributed by atoms with van der Waals surface area (Å²) in [5, 5.41) is 3.55. The largest absolute Gasteiger partial charge is 0.363 e. The maximum atomic E-state index is 5.92. The lowest BCUT2D eigenvalue weighted by atomic mass is 9.90. The van der Waals surface area contributed by atoms with Crippen LogP contribution in [0.4, 0.5) is 0 Å². The second-order valence-corrected chi connectivity index (χ2v) is 6.46. The van der Waals surface area contributed by atoms with E-state index in [0.717, 1.165) is 19.1 Å². The average Bonchev–Trinajstić information content (AvgIpc) is 2.33. The van der Waals surface area contributed by atoms with Crippen LogP contribution in [-0.4, -0.2) is 43.9 Å². The highest BCUT2D eigenvalue weighted by molar-refractivity contribution is 4.80. The summed E-state index contributed by atoms with van der Waals surface area (Å²) in [6.45, 7) is 12.5. The summed E-state index contributed by atoms with van der Waals surface area (Å²) in [6, 6.07) is 0. The highest BCUT2D eigenvalue weighted by atomic mass is 16.5. The molecule has 0 aromatic rings. The zero-order valence-corrected chi connectivity index (χ0v) is 11.7. The molecule has 0 aromatic heterocycles. The maximum Gasteiger partial charge on any atom is 0.108 e.